The summed E-state index contributed by atoms with van der Waals surface area (Å²) in [5, 5.41) is 3.32. The molecule has 0 saturated carbocycles. The van der Waals surface area contributed by atoms with Crippen LogP contribution in [0.15, 0.2) is 6.20 Å². The number of hydrogen-bond donors (Lipinski definition) is 2. The monoisotopic (exact) mass is 358 g/mol. The minimum Gasteiger partial charge on any atom is -0.343 e. The number of carbonyl (C=O) groups excluding carboxylic acids is 1. The molecule has 2 saturated heterocycles. The first kappa shape index (κ1) is 18.2. The van der Waals surface area contributed by atoms with Crippen LogP contribution in [0.3, 0.4) is 0 Å². The second-order valence-corrected chi connectivity index (χ2v) is 7.07. The number of alkyl halides is 3. The molecule has 1 aromatic heterocycles. The van der Waals surface area contributed by atoms with Gasteiger partial charge in [-0.25, -0.2) is 4.98 Å². The summed E-state index contributed by atoms with van der Waals surface area (Å²) < 4.78 is 37.9. The second kappa shape index (κ2) is 7.76. The fourth-order valence-electron chi connectivity index (χ4n) is 3.75. The Morgan fingerprint density at radius 3 is 2.48 bits per heavy atom. The predicted molar refractivity (Wildman–Crippen MR) is 87.0 cm³/mol. The number of imidazole rings is 1. The molecule has 0 bridgehead atoms. The van der Waals surface area contributed by atoms with E-state index in [1.54, 1.807) is 0 Å². The zero-order valence-electron chi connectivity index (χ0n) is 14.2. The molecule has 2 aliphatic heterocycles. The van der Waals surface area contributed by atoms with Crippen LogP contribution in [0, 0.1) is 5.92 Å². The lowest BCUT2D eigenvalue weighted by Crippen LogP contribution is -2.38. The van der Waals surface area contributed by atoms with Crippen molar-refractivity contribution in [1.82, 2.24) is 20.2 Å². The Bertz CT molecular complexity index is 573. The zero-order chi connectivity index (χ0) is 17.9. The lowest BCUT2D eigenvalue weighted by Gasteiger charge is -2.32. The fraction of sp³-hybridized carbons (Fsp3) is 0.765. The van der Waals surface area contributed by atoms with Gasteiger partial charge in [-0.15, -0.1) is 0 Å². The summed E-state index contributed by atoms with van der Waals surface area (Å²) in [6.07, 6.45) is 1.56. The number of aromatic amines is 1. The van der Waals surface area contributed by atoms with Crippen molar-refractivity contribution < 1.29 is 18.0 Å². The van der Waals surface area contributed by atoms with Gasteiger partial charge in [-0.05, 0) is 51.1 Å². The Hall–Kier alpha value is -1.57. The summed E-state index contributed by atoms with van der Waals surface area (Å²) in [6.45, 7) is 3.26. The molecule has 5 nitrogen and oxygen atoms in total. The smallest absolute Gasteiger partial charge is 0.343 e. The number of halogens is 3. The highest BCUT2D eigenvalue weighted by Crippen LogP contribution is 2.31. The van der Waals surface area contributed by atoms with E-state index in [1.165, 1.54) is 0 Å². The first-order chi connectivity index (χ1) is 11.9. The molecule has 0 unspecified atom stereocenters. The number of nitrogens with one attached hydrogen (secondary N) is 2. The third-order valence-corrected chi connectivity index (χ3v) is 5.36. The molecule has 2 aliphatic rings. The number of amides is 1. The predicted octanol–water partition coefficient (Wildman–Crippen LogP) is 2.91. The maximum absolute atomic E-state index is 12.6. The largest absolute Gasteiger partial charge is 0.432 e. The third kappa shape index (κ3) is 4.74. The van der Waals surface area contributed by atoms with Gasteiger partial charge in [0.1, 0.15) is 11.5 Å². The number of carbonyl (C=O) groups is 1. The van der Waals surface area contributed by atoms with Crippen molar-refractivity contribution in [3.63, 3.8) is 0 Å². The zero-order valence-corrected chi connectivity index (χ0v) is 14.2. The van der Waals surface area contributed by atoms with E-state index in [0.29, 0.717) is 44.1 Å². The number of rotatable bonds is 4. The Balaban J connectivity index is 1.44. The molecule has 3 rings (SSSR count). The molecule has 0 aromatic carbocycles. The molecule has 0 aliphatic carbocycles. The average Bonchev–Trinajstić information content (AvgIpc) is 3.11. The molecule has 2 fully saturated rings. The maximum atomic E-state index is 12.6. The van der Waals surface area contributed by atoms with Crippen LogP contribution in [0.4, 0.5) is 13.2 Å². The lowest BCUT2D eigenvalue weighted by atomic mass is 9.92. The van der Waals surface area contributed by atoms with Crippen LogP contribution in [0.5, 0.6) is 0 Å². The molecular formula is C17H25F3N4O. The fourth-order valence-corrected chi connectivity index (χ4v) is 3.75. The van der Waals surface area contributed by atoms with Crippen molar-refractivity contribution >= 4 is 5.91 Å². The van der Waals surface area contributed by atoms with E-state index in [1.807, 2.05) is 4.90 Å². The van der Waals surface area contributed by atoms with E-state index in [4.69, 9.17) is 0 Å². The topological polar surface area (TPSA) is 61.0 Å². The quantitative estimate of drug-likeness (QED) is 0.870. The summed E-state index contributed by atoms with van der Waals surface area (Å²) in [4.78, 5) is 20.5. The number of likely N-dealkylation sites (tertiary alicyclic amines) is 1. The lowest BCUT2D eigenvalue weighted by molar-refractivity contribution is -0.141. The SMILES string of the molecule is O=C(CCC1CCNCC1)N1CCC(c2ncc(C(F)(F)F)[nH]2)CC1. The standard InChI is InChI=1S/C17H25F3N4O/c18-17(19,20)14-11-22-16(23-14)13-5-9-24(10-6-13)15(25)2-1-12-3-7-21-8-4-12/h11-13,21H,1-10H2,(H,22,23). The van der Waals surface area contributed by atoms with Gasteiger partial charge >= 0.3 is 6.18 Å². The van der Waals surface area contributed by atoms with Crippen LogP contribution >= 0.6 is 0 Å². The summed E-state index contributed by atoms with van der Waals surface area (Å²) in [5.74, 6) is 1.15. The Labute approximate surface area is 145 Å². The number of nitrogens with zero attached hydrogens (tertiary/aromatic N) is 2. The van der Waals surface area contributed by atoms with Gasteiger partial charge in [0.05, 0.1) is 6.20 Å². The molecule has 1 aromatic rings. The van der Waals surface area contributed by atoms with E-state index < -0.39 is 11.9 Å². The van der Waals surface area contributed by atoms with Crippen LogP contribution in [-0.4, -0.2) is 47.0 Å². The molecule has 0 spiro atoms. The van der Waals surface area contributed by atoms with Crippen molar-refractivity contribution in [2.75, 3.05) is 26.2 Å². The van der Waals surface area contributed by atoms with Crippen molar-refractivity contribution in [3.8, 4) is 0 Å². The summed E-state index contributed by atoms with van der Waals surface area (Å²) in [5.41, 5.74) is -0.803. The summed E-state index contributed by atoms with van der Waals surface area (Å²) in [6, 6.07) is 0. The van der Waals surface area contributed by atoms with E-state index in [9.17, 15) is 18.0 Å². The summed E-state index contributed by atoms with van der Waals surface area (Å²) >= 11 is 0. The van der Waals surface area contributed by atoms with Gasteiger partial charge in [0.2, 0.25) is 5.91 Å². The highest BCUT2D eigenvalue weighted by atomic mass is 19.4. The molecule has 3 heterocycles. The minimum absolute atomic E-state index is 0.0374. The Morgan fingerprint density at radius 2 is 1.88 bits per heavy atom. The first-order valence-electron chi connectivity index (χ1n) is 9.04. The number of H-pyrrole nitrogens is 1. The molecule has 1 amide bonds. The Morgan fingerprint density at radius 1 is 1.20 bits per heavy atom. The second-order valence-electron chi connectivity index (χ2n) is 7.07. The van der Waals surface area contributed by atoms with Gasteiger partial charge in [0, 0.05) is 25.4 Å². The molecule has 25 heavy (non-hydrogen) atoms. The number of piperidine rings is 2. The first-order valence-corrected chi connectivity index (χ1v) is 9.04. The van der Waals surface area contributed by atoms with Gasteiger partial charge in [0.25, 0.3) is 0 Å². The van der Waals surface area contributed by atoms with Crippen molar-refractivity contribution in [2.24, 2.45) is 5.92 Å². The van der Waals surface area contributed by atoms with Crippen LogP contribution in [0.25, 0.3) is 0 Å². The van der Waals surface area contributed by atoms with Crippen molar-refractivity contribution in [3.05, 3.63) is 17.7 Å². The highest BCUT2D eigenvalue weighted by molar-refractivity contribution is 5.76. The van der Waals surface area contributed by atoms with Gasteiger partial charge in [0.15, 0.2) is 0 Å². The molecule has 0 radical (unpaired) electrons. The molecular weight excluding hydrogens is 333 g/mol. The maximum Gasteiger partial charge on any atom is 0.432 e. The molecule has 2 N–H and O–H groups in total. The van der Waals surface area contributed by atoms with Gasteiger partial charge in [-0.2, -0.15) is 13.2 Å². The van der Waals surface area contributed by atoms with Gasteiger partial charge in [-0.3, -0.25) is 4.79 Å². The van der Waals surface area contributed by atoms with Crippen molar-refractivity contribution in [2.45, 2.75) is 50.6 Å². The van der Waals surface area contributed by atoms with Gasteiger partial charge in [-0.1, -0.05) is 0 Å². The Kier molecular flexibility index (Phi) is 5.66. The van der Waals surface area contributed by atoms with E-state index in [0.717, 1.165) is 38.5 Å². The van der Waals surface area contributed by atoms with E-state index in [-0.39, 0.29) is 11.8 Å². The molecule has 0 atom stereocenters. The van der Waals surface area contributed by atoms with Crippen molar-refractivity contribution in [1.29, 1.82) is 0 Å². The van der Waals surface area contributed by atoms with Crippen LogP contribution in [-0.2, 0) is 11.0 Å². The number of aromatic nitrogens is 2. The minimum atomic E-state index is -4.39. The average molecular weight is 358 g/mol. The summed E-state index contributed by atoms with van der Waals surface area (Å²) in [7, 11) is 0. The van der Waals surface area contributed by atoms with Crippen LogP contribution in [0.2, 0.25) is 0 Å². The number of hydrogen-bond acceptors (Lipinski definition) is 3. The highest BCUT2D eigenvalue weighted by Gasteiger charge is 2.34. The van der Waals surface area contributed by atoms with E-state index >= 15 is 0 Å². The third-order valence-electron chi connectivity index (χ3n) is 5.36. The van der Waals surface area contributed by atoms with Crippen LogP contribution in [0.1, 0.15) is 56.0 Å². The molecule has 140 valence electrons. The molecule has 8 heteroatoms. The van der Waals surface area contributed by atoms with E-state index in [2.05, 4.69) is 15.3 Å². The normalized spacial score (nSPS) is 20.8. The van der Waals surface area contributed by atoms with Gasteiger partial charge < -0.3 is 15.2 Å². The van der Waals surface area contributed by atoms with Crippen LogP contribution < -0.4 is 5.32 Å².